The van der Waals surface area contributed by atoms with Crippen LogP contribution in [0.25, 0.3) is 0 Å². The fourth-order valence-electron chi connectivity index (χ4n) is 4.78. The third kappa shape index (κ3) is 4.98. The number of nitrogens with zero attached hydrogens (tertiary/aromatic N) is 4. The van der Waals surface area contributed by atoms with E-state index < -0.39 is 40.6 Å². The van der Waals surface area contributed by atoms with Crippen LogP contribution in [-0.4, -0.2) is 27.7 Å². The number of allylic oxidation sites excluding steroid dienone is 1. The number of amides is 3. The van der Waals surface area contributed by atoms with Crippen LogP contribution in [0.15, 0.2) is 84.1 Å². The summed E-state index contributed by atoms with van der Waals surface area (Å²) in [4.78, 5) is 52.6. The topological polar surface area (TPSA) is 134 Å². The maximum Gasteiger partial charge on any atom is 0.424 e. The van der Waals surface area contributed by atoms with Gasteiger partial charge in [0.15, 0.2) is 5.78 Å². The molecule has 0 unspecified atom stereocenters. The summed E-state index contributed by atoms with van der Waals surface area (Å²) in [5.74, 6) is -0.581. The highest BCUT2D eigenvalue weighted by Gasteiger charge is 2.49. The van der Waals surface area contributed by atoms with E-state index >= 15 is 0 Å². The zero-order valence-electron chi connectivity index (χ0n) is 20.8. The minimum atomic E-state index is -4.73. The van der Waals surface area contributed by atoms with Crippen molar-refractivity contribution in [3.05, 3.63) is 111 Å². The molecule has 1 atom stereocenters. The molecular weight excluding hydrogens is 545 g/mol. The summed E-state index contributed by atoms with van der Waals surface area (Å²) in [6.07, 6.45) is -6.02. The molecule has 0 fully saturated rings. The van der Waals surface area contributed by atoms with E-state index in [4.69, 9.17) is 4.74 Å². The Kier molecular flexibility index (Phi) is 6.76. The van der Waals surface area contributed by atoms with E-state index in [2.05, 4.69) is 0 Å². The minimum absolute atomic E-state index is 0.0207. The number of non-ortho nitro benzene ring substituents is 1. The second-order valence-corrected chi connectivity index (χ2v) is 9.07. The summed E-state index contributed by atoms with van der Waals surface area (Å²) in [6.45, 7) is 0. The van der Waals surface area contributed by atoms with Gasteiger partial charge in [-0.2, -0.15) is 18.4 Å². The number of anilines is 1. The molecule has 1 aliphatic carbocycles. The maximum absolute atomic E-state index is 14.0. The predicted octanol–water partition coefficient (Wildman–Crippen LogP) is 6.28. The number of carbonyl (C=O) groups is 3. The van der Waals surface area contributed by atoms with Crippen molar-refractivity contribution in [1.29, 1.82) is 5.26 Å². The van der Waals surface area contributed by atoms with Crippen LogP contribution in [0.3, 0.4) is 0 Å². The first-order chi connectivity index (χ1) is 19.5. The molecule has 0 N–H and O–H groups in total. The molecule has 3 aromatic rings. The Hall–Kier alpha value is -5.51. The number of nitro benzene ring substituents is 1. The summed E-state index contributed by atoms with van der Waals surface area (Å²) in [7, 11) is 0. The molecule has 0 saturated carbocycles. The van der Waals surface area contributed by atoms with Crippen LogP contribution in [0.4, 0.5) is 34.1 Å². The van der Waals surface area contributed by atoms with Gasteiger partial charge in [-0.15, -0.1) is 0 Å². The highest BCUT2D eigenvalue weighted by molar-refractivity contribution is 6.12. The van der Waals surface area contributed by atoms with Crippen molar-refractivity contribution in [2.45, 2.75) is 25.1 Å². The zero-order valence-corrected chi connectivity index (χ0v) is 20.8. The van der Waals surface area contributed by atoms with Crippen molar-refractivity contribution in [3.63, 3.8) is 0 Å². The Balaban J connectivity index is 1.65. The number of benzene rings is 3. The number of alkyl halides is 3. The lowest BCUT2D eigenvalue weighted by atomic mass is 9.92. The number of nitro groups is 1. The van der Waals surface area contributed by atoms with Crippen LogP contribution in [0, 0.1) is 21.4 Å². The van der Waals surface area contributed by atoms with Crippen molar-refractivity contribution in [2.24, 2.45) is 0 Å². The molecule has 1 heterocycles. The summed E-state index contributed by atoms with van der Waals surface area (Å²) < 4.78 is 45.9. The van der Waals surface area contributed by atoms with Crippen molar-refractivity contribution in [3.8, 4) is 11.8 Å². The van der Waals surface area contributed by atoms with Crippen LogP contribution < -0.4 is 9.64 Å². The Bertz CT molecular complexity index is 1660. The maximum atomic E-state index is 14.0. The molecule has 13 heteroatoms. The molecule has 206 valence electrons. The molecule has 0 bridgehead atoms. The first kappa shape index (κ1) is 27.1. The van der Waals surface area contributed by atoms with Gasteiger partial charge in [-0.25, -0.2) is 14.5 Å². The fraction of sp³-hybridized carbons (Fsp3) is 0.143. The second-order valence-electron chi connectivity index (χ2n) is 9.07. The molecule has 3 amide bonds. The molecule has 0 aromatic heterocycles. The van der Waals surface area contributed by atoms with E-state index in [1.807, 2.05) is 6.07 Å². The number of urea groups is 1. The number of carbonyl (C=O) groups excluding carboxylic acids is 3. The number of imide groups is 1. The number of halogens is 3. The monoisotopic (exact) mass is 562 g/mol. The normalized spacial score (nSPS) is 16.9. The molecule has 0 radical (unpaired) electrons. The Morgan fingerprint density at radius 1 is 1.02 bits per heavy atom. The molecule has 5 rings (SSSR count). The predicted molar refractivity (Wildman–Crippen MR) is 135 cm³/mol. The quantitative estimate of drug-likeness (QED) is 0.270. The smallest absolute Gasteiger partial charge is 0.410 e. The first-order valence-electron chi connectivity index (χ1n) is 12.0. The minimum Gasteiger partial charge on any atom is -0.410 e. The average Bonchev–Trinajstić information content (AvgIpc) is 3.32. The van der Waals surface area contributed by atoms with Crippen LogP contribution in [0.2, 0.25) is 0 Å². The lowest BCUT2D eigenvalue weighted by Crippen LogP contribution is -2.53. The van der Waals surface area contributed by atoms with Crippen LogP contribution in [-0.2, 0) is 11.0 Å². The summed E-state index contributed by atoms with van der Waals surface area (Å²) in [6, 6.07) is 13.7. The van der Waals surface area contributed by atoms with Crippen molar-refractivity contribution in [1.82, 2.24) is 4.90 Å². The number of rotatable bonds is 4. The van der Waals surface area contributed by atoms with E-state index in [9.17, 15) is 42.9 Å². The lowest BCUT2D eigenvalue weighted by molar-refractivity contribution is -0.384. The average molecular weight is 562 g/mol. The van der Waals surface area contributed by atoms with Gasteiger partial charge in [-0.3, -0.25) is 19.8 Å². The Morgan fingerprint density at radius 2 is 1.71 bits per heavy atom. The molecule has 3 aromatic carbocycles. The van der Waals surface area contributed by atoms with Crippen molar-refractivity contribution < 1.29 is 37.2 Å². The van der Waals surface area contributed by atoms with Gasteiger partial charge in [0, 0.05) is 29.8 Å². The second kappa shape index (κ2) is 10.2. The van der Waals surface area contributed by atoms with Gasteiger partial charge < -0.3 is 4.74 Å². The van der Waals surface area contributed by atoms with Gasteiger partial charge in [0.25, 0.3) is 5.69 Å². The summed E-state index contributed by atoms with van der Waals surface area (Å²) >= 11 is 0. The molecule has 41 heavy (non-hydrogen) atoms. The standard InChI is InChI=1S/C28H17F3N4O6/c29-28(30,31)18-2-1-3-20(14-18)33-22-12-13-23(36)24(22)25(17-6-4-16(15-32)5-7-17)34(26(33)37)27(38)41-21-10-8-19(9-11-21)35(39)40/h1-11,14,25H,12-13H2/t25-/m1/s1. The van der Waals surface area contributed by atoms with Gasteiger partial charge in [0.2, 0.25) is 0 Å². The molecule has 1 aliphatic heterocycles. The van der Waals surface area contributed by atoms with Crippen molar-refractivity contribution in [2.75, 3.05) is 4.90 Å². The lowest BCUT2D eigenvalue weighted by Gasteiger charge is -2.40. The van der Waals surface area contributed by atoms with Gasteiger partial charge in [-0.1, -0.05) is 18.2 Å². The highest BCUT2D eigenvalue weighted by atomic mass is 19.4. The third-order valence-corrected chi connectivity index (χ3v) is 6.64. The number of hydrogen-bond acceptors (Lipinski definition) is 7. The number of hydrogen-bond donors (Lipinski definition) is 0. The first-order valence-corrected chi connectivity index (χ1v) is 12.0. The van der Waals surface area contributed by atoms with E-state index in [0.717, 1.165) is 47.4 Å². The van der Waals surface area contributed by atoms with E-state index in [0.29, 0.717) is 4.90 Å². The number of nitriles is 1. The molecule has 10 nitrogen and oxygen atoms in total. The van der Waals surface area contributed by atoms with Crippen molar-refractivity contribution >= 4 is 29.3 Å². The molecule has 0 saturated heterocycles. The number of Topliss-reactive ketones (excluding diaryl/α,β-unsaturated/α-hetero) is 1. The van der Waals surface area contributed by atoms with Gasteiger partial charge >= 0.3 is 18.3 Å². The van der Waals surface area contributed by atoms with E-state index in [-0.39, 0.29) is 52.4 Å². The number of ketones is 1. The third-order valence-electron chi connectivity index (χ3n) is 6.64. The SMILES string of the molecule is N#Cc1ccc([C@@H]2C3=C(CCC3=O)N(c3cccc(C(F)(F)F)c3)C(=O)N2C(=O)Oc2ccc([N+](=O)[O-])cc2)cc1. The van der Waals surface area contributed by atoms with Gasteiger partial charge in [-0.05, 0) is 54.4 Å². The summed E-state index contributed by atoms with van der Waals surface area (Å²) in [5, 5.41) is 20.2. The molecule has 0 spiro atoms. The van der Waals surface area contributed by atoms with E-state index in [1.165, 1.54) is 30.3 Å². The van der Waals surface area contributed by atoms with Crippen LogP contribution >= 0.6 is 0 Å². The summed E-state index contributed by atoms with van der Waals surface area (Å²) in [5.41, 5.74) is -0.809. The fourth-order valence-corrected chi connectivity index (χ4v) is 4.78. The highest BCUT2D eigenvalue weighted by Crippen LogP contribution is 2.46. The van der Waals surface area contributed by atoms with Gasteiger partial charge in [0.05, 0.1) is 27.8 Å². The van der Waals surface area contributed by atoms with E-state index in [1.54, 1.807) is 0 Å². The number of ether oxygens (including phenoxy) is 1. The Morgan fingerprint density at radius 3 is 2.32 bits per heavy atom. The molecule has 2 aliphatic rings. The largest absolute Gasteiger partial charge is 0.424 e. The molecular formula is C28H17F3N4O6. The van der Waals surface area contributed by atoms with Gasteiger partial charge in [0.1, 0.15) is 11.8 Å². The Labute approximate surface area is 229 Å². The van der Waals surface area contributed by atoms with Crippen LogP contribution in [0.5, 0.6) is 5.75 Å². The zero-order chi connectivity index (χ0) is 29.5. The van der Waals surface area contributed by atoms with Crippen LogP contribution in [0.1, 0.15) is 35.6 Å².